The van der Waals surface area contributed by atoms with E-state index in [-0.39, 0.29) is 0 Å². The second kappa shape index (κ2) is 34.3. The van der Waals surface area contributed by atoms with Crippen molar-refractivity contribution >= 4 is 65.9 Å². The average molecular weight is 1800 g/mol. The van der Waals surface area contributed by atoms with E-state index in [1.165, 1.54) is 264 Å². The van der Waals surface area contributed by atoms with Crippen molar-refractivity contribution in [1.82, 2.24) is 4.57 Å². The fraction of sp³-hybridized carbons (Fsp3) is 0.0625. The van der Waals surface area contributed by atoms with E-state index in [1.807, 2.05) is 34.0 Å². The first-order valence-corrected chi connectivity index (χ1v) is 49.3. The Morgan fingerprint density at radius 3 is 0.904 bits per heavy atom. The first kappa shape index (κ1) is 83.2. The average Bonchev–Trinajstić information content (AvgIpc) is 1.55. The van der Waals surface area contributed by atoms with Crippen LogP contribution in [-0.2, 0) is 28.2 Å². The Morgan fingerprint density at radius 2 is 0.522 bits per heavy atom. The van der Waals surface area contributed by atoms with Crippen LogP contribution in [0.5, 0.6) is 0 Å². The predicted octanol–water partition coefficient (Wildman–Crippen LogP) is 32.6. The molecule has 0 bridgehead atoms. The van der Waals surface area contributed by atoms with Crippen LogP contribution in [0.4, 0.5) is 0 Å². The van der Waals surface area contributed by atoms with Crippen molar-refractivity contribution in [3.05, 3.63) is 452 Å². The van der Waals surface area contributed by atoms with Gasteiger partial charge in [-0.3, -0.25) is 0 Å². The number of hydrogen-bond donors (Lipinski definition) is 0. The highest BCUT2D eigenvalue weighted by Gasteiger charge is 2.35. The van der Waals surface area contributed by atoms with E-state index < -0.39 is 0 Å². The zero-order valence-corrected chi connectivity index (χ0v) is 79.4. The fourth-order valence-corrected chi connectivity index (χ4v) is 25.1. The molecule has 0 saturated carbocycles. The summed E-state index contributed by atoms with van der Waals surface area (Å²) in [4.78, 5) is 4.00. The summed E-state index contributed by atoms with van der Waals surface area (Å²) in [7, 11) is 8.68. The summed E-state index contributed by atoms with van der Waals surface area (Å²) in [5.41, 5.74) is 52.5. The summed E-state index contributed by atoms with van der Waals surface area (Å²) < 4.78 is 13.0. The van der Waals surface area contributed by atoms with E-state index in [0.29, 0.717) is 0 Å². The molecule has 15 aromatic carbocycles. The molecule has 5 nitrogen and oxygen atoms in total. The number of fused-ring (bicyclic) bond motifs is 36. The molecule has 646 valence electrons. The van der Waals surface area contributed by atoms with Gasteiger partial charge in [0, 0.05) is 67.6 Å². The van der Waals surface area contributed by atoms with Gasteiger partial charge in [-0.1, -0.05) is 334 Å². The fourth-order valence-electron chi connectivity index (χ4n) is 21.9. The zero-order chi connectivity index (χ0) is 91.5. The molecule has 8 heteroatoms. The summed E-state index contributed by atoms with van der Waals surface area (Å²) in [6.07, 6.45) is 9.18. The van der Waals surface area contributed by atoms with Crippen LogP contribution in [0.3, 0.4) is 0 Å². The van der Waals surface area contributed by atoms with Crippen LogP contribution in [0.1, 0.15) is 22.3 Å². The second-order valence-corrected chi connectivity index (χ2v) is 39.0. The van der Waals surface area contributed by atoms with Gasteiger partial charge in [0.1, 0.15) is 46.8 Å². The molecular formula is C128H95N5S3+4. The van der Waals surface area contributed by atoms with E-state index in [2.05, 4.69) is 509 Å². The molecule has 136 heavy (non-hydrogen) atoms. The molecule has 0 atom stereocenters. The van der Waals surface area contributed by atoms with Gasteiger partial charge in [0.05, 0.1) is 29.9 Å². The monoisotopic (exact) mass is 1800 g/mol. The number of aryl methyl sites for hydroxylation is 8. The molecule has 8 heterocycles. The molecule has 0 aliphatic heterocycles. The highest BCUT2D eigenvalue weighted by atomic mass is 32.1. The number of para-hydroxylation sites is 2. The molecule has 4 aliphatic carbocycles. The van der Waals surface area contributed by atoms with Crippen molar-refractivity contribution in [3.63, 3.8) is 0 Å². The SMILES string of the molecule is Cc1c(-c2cc3c(c[n+]2C)-c2ccccc2-c2ccccc2-c2ccccc2-3)sc2ccccc12.Cc1cccc2c3ccccc3n(-c3cc4c(c[n+]3C)-c3ccccc3-c3ccccc3-c3ccccc3-4)c12.Cc1ccsc1-c1c2c(cc[n+]1C)-c1ccccc1-c1ccccc1-c1ccccc1-2.Cc1ccsc1-c1cc2c(c[n+]1C)-c1ccccc1-c1ccccc1-c1ccccc1-2. The Labute approximate surface area is 806 Å². The molecule has 0 N–H and O–H groups in total. The number of benzene rings is 15. The Kier molecular flexibility index (Phi) is 21.0. The van der Waals surface area contributed by atoms with Crippen molar-refractivity contribution in [1.29, 1.82) is 0 Å². The molecule has 0 spiro atoms. The molecule has 0 unspecified atom stereocenters. The molecule has 27 rings (SSSR count). The third-order valence-corrected chi connectivity index (χ3v) is 31.6. The molecule has 0 fully saturated rings. The van der Waals surface area contributed by atoms with Crippen LogP contribution < -0.4 is 18.3 Å². The highest BCUT2D eigenvalue weighted by Crippen LogP contribution is 2.56. The zero-order valence-electron chi connectivity index (χ0n) is 77.0. The molecule has 0 amide bonds. The smallest absolute Gasteiger partial charge is 0.236 e. The normalized spacial score (nSPS) is 11.7. The largest absolute Gasteiger partial charge is 0.287 e. The van der Waals surface area contributed by atoms with Crippen molar-refractivity contribution in [2.45, 2.75) is 27.7 Å². The minimum Gasteiger partial charge on any atom is -0.236 e. The maximum atomic E-state index is 2.45. The lowest BCUT2D eigenvalue weighted by molar-refractivity contribution is -0.664. The number of thiophene rings is 3. The Hall–Kier alpha value is -15.9. The van der Waals surface area contributed by atoms with E-state index in [9.17, 15) is 0 Å². The maximum Gasteiger partial charge on any atom is 0.287 e. The number of rotatable bonds is 4. The number of hydrogen-bond acceptors (Lipinski definition) is 3. The maximum absolute atomic E-state index is 2.45. The van der Waals surface area contributed by atoms with Gasteiger partial charge in [0.15, 0.2) is 18.6 Å². The minimum atomic E-state index is 1.15. The van der Waals surface area contributed by atoms with Gasteiger partial charge >= 0.3 is 0 Å². The first-order valence-electron chi connectivity index (χ1n) is 46.7. The Morgan fingerprint density at radius 1 is 0.221 bits per heavy atom. The van der Waals surface area contributed by atoms with E-state index >= 15 is 0 Å². The van der Waals surface area contributed by atoms with E-state index in [1.54, 1.807) is 0 Å². The number of pyridine rings is 4. The van der Waals surface area contributed by atoms with Gasteiger partial charge in [0.25, 0.3) is 5.82 Å². The van der Waals surface area contributed by atoms with Gasteiger partial charge in [-0.2, -0.15) is 18.3 Å². The van der Waals surface area contributed by atoms with Gasteiger partial charge in [-0.25, -0.2) is 4.57 Å². The van der Waals surface area contributed by atoms with Crippen molar-refractivity contribution in [3.8, 4) is 216 Å². The summed E-state index contributed by atoms with van der Waals surface area (Å²) in [6.45, 7) is 8.88. The first-order chi connectivity index (χ1) is 66.9. The van der Waals surface area contributed by atoms with Crippen LogP contribution in [0.25, 0.3) is 247 Å². The summed E-state index contributed by atoms with van der Waals surface area (Å²) in [5.74, 6) is 1.15. The lowest BCUT2D eigenvalue weighted by Crippen LogP contribution is -2.34. The van der Waals surface area contributed by atoms with Gasteiger partial charge in [-0.15, -0.1) is 34.0 Å². The van der Waals surface area contributed by atoms with Gasteiger partial charge < -0.3 is 0 Å². The van der Waals surface area contributed by atoms with Crippen LogP contribution in [0.15, 0.2) is 430 Å². The lowest BCUT2D eigenvalue weighted by atomic mass is 9.80. The third kappa shape index (κ3) is 13.9. The second-order valence-electron chi connectivity index (χ2n) is 36.1. The van der Waals surface area contributed by atoms with Crippen molar-refractivity contribution in [2.75, 3.05) is 0 Å². The predicted molar refractivity (Wildman–Crippen MR) is 572 cm³/mol. The van der Waals surface area contributed by atoms with Crippen LogP contribution >= 0.6 is 34.0 Å². The molecule has 23 aromatic rings. The number of nitrogens with zero attached hydrogens (tertiary/aromatic N) is 5. The molecule has 0 saturated heterocycles. The summed E-state index contributed by atoms with van der Waals surface area (Å²) >= 11 is 5.52. The standard InChI is InChI=1S/C37H27N2.C33H24NS.2C29H22NS/c1-24-12-11-20-32-31-19-9-10-21-35(31)39(37(24)32)36-22-33-29-17-7-5-15-27(29)25-13-3-4-14-26(25)28-16-6-8-18-30(28)34(33)23-38(36)2;1-21-22-11-9-10-18-32(22)35-33(21)31-19-29-27-16-7-5-14-25(27)23-12-3-4-13-24(23)26-15-6-8-17-28(26)30(29)20-34(31)2;1-19-15-16-31-29(19)28-17-26-24-13-7-5-11-22(24)20-9-3-4-10-21(20)23-12-6-8-14-25(23)27(26)18-30(28)2;1-19-16-18-31-29(19)28-27-25-14-8-7-12-23(25)21-10-4-3-9-20(21)22-11-5-6-13-24(22)26(27)15-17-30(28)2/h3-23H,1-2H3;3-20H,1-2H3;2*3-18H,1-2H3/q4*+1. The number of aromatic nitrogens is 5. The molecule has 8 aromatic heterocycles. The van der Waals surface area contributed by atoms with E-state index in [4.69, 9.17) is 0 Å². The van der Waals surface area contributed by atoms with Crippen LogP contribution in [-0.4, -0.2) is 4.57 Å². The summed E-state index contributed by atoms with van der Waals surface area (Å²) in [6, 6.07) is 144. The summed E-state index contributed by atoms with van der Waals surface area (Å²) in [5, 5.41) is 8.29. The molecule has 0 radical (unpaired) electrons. The minimum absolute atomic E-state index is 1.15. The van der Waals surface area contributed by atoms with Gasteiger partial charge in [0.2, 0.25) is 17.1 Å². The van der Waals surface area contributed by atoms with Crippen molar-refractivity contribution < 1.29 is 18.3 Å². The third-order valence-electron chi connectivity index (χ3n) is 28.2. The molecular weight excluding hydrogens is 1700 g/mol. The topological polar surface area (TPSA) is 20.4 Å². The van der Waals surface area contributed by atoms with Gasteiger partial charge in [-0.05, 0) is 236 Å². The molecule has 4 aliphatic rings. The lowest BCUT2D eigenvalue weighted by Gasteiger charge is -2.23. The highest BCUT2D eigenvalue weighted by molar-refractivity contribution is 7.22. The van der Waals surface area contributed by atoms with Crippen LogP contribution in [0.2, 0.25) is 0 Å². The van der Waals surface area contributed by atoms with E-state index in [0.717, 1.165) is 5.82 Å². The van der Waals surface area contributed by atoms with Crippen molar-refractivity contribution in [2.24, 2.45) is 28.2 Å². The Bertz CT molecular complexity index is 8740. The quantitative estimate of drug-likeness (QED) is 0.157. The van der Waals surface area contributed by atoms with Crippen LogP contribution in [0, 0.1) is 27.7 Å². The Balaban J connectivity index is 0.0000000996.